The van der Waals surface area contributed by atoms with Crippen LogP contribution in [-0.2, 0) is 14.4 Å². The maximum Gasteiger partial charge on any atom is 0.358 e. The zero-order chi connectivity index (χ0) is 15.8. The minimum absolute atomic E-state index is 0.0446. The Hall–Kier alpha value is -2.91. The second kappa shape index (κ2) is 7.20. The van der Waals surface area contributed by atoms with Gasteiger partial charge in [-0.3, -0.25) is 4.28 Å². The fourth-order valence-electron chi connectivity index (χ4n) is 1.57. The zero-order valence-corrected chi connectivity index (χ0v) is 12.3. The number of nitrogens with zero attached hydrogens (tertiary/aromatic N) is 2. The van der Waals surface area contributed by atoms with Crippen molar-refractivity contribution in [1.82, 2.24) is 0 Å². The lowest BCUT2D eigenvalue weighted by molar-refractivity contribution is 0.341. The molecule has 0 fully saturated rings. The quantitative estimate of drug-likeness (QED) is 0.628. The predicted molar refractivity (Wildman–Crippen MR) is 83.4 cm³/mol. The van der Waals surface area contributed by atoms with Crippen LogP contribution in [0.5, 0.6) is 0 Å². The first-order chi connectivity index (χ1) is 10.6. The van der Waals surface area contributed by atoms with E-state index in [4.69, 9.17) is 5.26 Å². The number of allylic oxidation sites excluding steroid dienone is 1. The molecular formula is C16H12N2O3S. The lowest BCUT2D eigenvalue weighted by Crippen LogP contribution is -2.01. The third-order valence-electron chi connectivity index (χ3n) is 2.65. The Kier molecular flexibility index (Phi) is 5.07. The molecule has 2 aromatic rings. The van der Waals surface area contributed by atoms with E-state index in [1.54, 1.807) is 54.6 Å². The van der Waals surface area contributed by atoms with Gasteiger partial charge in [0.15, 0.2) is 0 Å². The monoisotopic (exact) mass is 312 g/mol. The summed E-state index contributed by atoms with van der Waals surface area (Å²) >= 11 is 0. The van der Waals surface area contributed by atoms with Gasteiger partial charge in [0.05, 0.1) is 17.8 Å². The first kappa shape index (κ1) is 15.5. The largest absolute Gasteiger partial charge is 0.358 e. The molecule has 2 rings (SSSR count). The summed E-state index contributed by atoms with van der Waals surface area (Å²) in [6.07, 6.45) is 4.49. The molecule has 2 aromatic carbocycles. The van der Waals surface area contributed by atoms with Crippen molar-refractivity contribution in [3.63, 3.8) is 0 Å². The number of rotatable bonds is 5. The van der Waals surface area contributed by atoms with E-state index in [2.05, 4.69) is 9.44 Å². The van der Waals surface area contributed by atoms with Gasteiger partial charge < -0.3 is 0 Å². The van der Waals surface area contributed by atoms with Crippen LogP contribution >= 0.6 is 0 Å². The molecule has 110 valence electrons. The highest BCUT2D eigenvalue weighted by Gasteiger charge is 2.13. The number of oxime groups is 1. The fourth-order valence-corrected chi connectivity index (χ4v) is 2.31. The molecule has 22 heavy (non-hydrogen) atoms. The summed E-state index contributed by atoms with van der Waals surface area (Å²) in [6, 6.07) is 16.7. The van der Waals surface area contributed by atoms with E-state index in [1.807, 2.05) is 6.07 Å². The predicted octanol–water partition coefficient (Wildman–Crippen LogP) is 2.96. The molecule has 0 spiro atoms. The highest BCUT2D eigenvalue weighted by molar-refractivity contribution is 7.86. The maximum absolute atomic E-state index is 11.7. The van der Waals surface area contributed by atoms with Crippen LogP contribution in [0.2, 0.25) is 0 Å². The lowest BCUT2D eigenvalue weighted by Gasteiger charge is -1.99. The van der Waals surface area contributed by atoms with Crippen LogP contribution in [0.1, 0.15) is 11.1 Å². The van der Waals surface area contributed by atoms with Crippen LogP contribution in [0, 0.1) is 11.3 Å². The molecule has 0 amide bonds. The molecule has 0 saturated heterocycles. The Morgan fingerprint density at radius 3 is 2.36 bits per heavy atom. The molecule has 0 saturated carbocycles. The molecule has 5 nitrogen and oxygen atoms in total. The van der Waals surface area contributed by atoms with E-state index in [-0.39, 0.29) is 4.90 Å². The van der Waals surface area contributed by atoms with E-state index in [0.29, 0.717) is 5.56 Å². The Labute approximate surface area is 128 Å². The summed E-state index contributed by atoms with van der Waals surface area (Å²) in [4.78, 5) is 0.0446. The first-order valence-corrected chi connectivity index (χ1v) is 7.71. The zero-order valence-electron chi connectivity index (χ0n) is 11.5. The van der Waals surface area contributed by atoms with Crippen LogP contribution in [0.15, 0.2) is 70.7 Å². The Bertz CT molecular complexity index is 818. The highest BCUT2D eigenvalue weighted by atomic mass is 32.2. The Balaban J connectivity index is 1.95. The minimum Gasteiger partial charge on any atom is -0.265 e. The highest BCUT2D eigenvalue weighted by Crippen LogP contribution is 2.11. The van der Waals surface area contributed by atoms with Gasteiger partial charge in [-0.2, -0.15) is 13.7 Å². The van der Waals surface area contributed by atoms with Gasteiger partial charge in [0.2, 0.25) is 0 Å². The van der Waals surface area contributed by atoms with Crippen LogP contribution in [0.25, 0.3) is 6.08 Å². The van der Waals surface area contributed by atoms with E-state index < -0.39 is 10.1 Å². The van der Waals surface area contributed by atoms with Gasteiger partial charge in [-0.1, -0.05) is 41.6 Å². The van der Waals surface area contributed by atoms with Crippen LogP contribution in [0.3, 0.4) is 0 Å². The average Bonchev–Trinajstić information content (AvgIpc) is 2.56. The number of hydrogen-bond acceptors (Lipinski definition) is 5. The van der Waals surface area contributed by atoms with Gasteiger partial charge in [-0.25, -0.2) is 0 Å². The molecule has 0 N–H and O–H groups in total. The minimum atomic E-state index is -3.88. The summed E-state index contributed by atoms with van der Waals surface area (Å²) in [5.41, 5.74) is 1.43. The van der Waals surface area contributed by atoms with E-state index in [9.17, 15) is 8.42 Å². The summed E-state index contributed by atoms with van der Waals surface area (Å²) < 4.78 is 28.0. The molecule has 0 aliphatic carbocycles. The van der Waals surface area contributed by atoms with Crippen molar-refractivity contribution in [3.05, 3.63) is 71.8 Å². The summed E-state index contributed by atoms with van der Waals surface area (Å²) in [5.74, 6) is 0. The molecule has 0 atom stereocenters. The van der Waals surface area contributed by atoms with Gasteiger partial charge in [-0.15, -0.1) is 0 Å². The first-order valence-electron chi connectivity index (χ1n) is 6.31. The van der Waals surface area contributed by atoms with Crippen molar-refractivity contribution in [1.29, 1.82) is 5.26 Å². The van der Waals surface area contributed by atoms with Crippen molar-refractivity contribution in [2.45, 2.75) is 4.90 Å². The molecule has 0 aromatic heterocycles. The van der Waals surface area contributed by atoms with Crippen LogP contribution in [-0.4, -0.2) is 14.6 Å². The topological polar surface area (TPSA) is 79.5 Å². The molecular weight excluding hydrogens is 300 g/mol. The Morgan fingerprint density at radius 1 is 1.05 bits per heavy atom. The molecule has 0 heterocycles. The van der Waals surface area contributed by atoms with Crippen molar-refractivity contribution >= 4 is 22.4 Å². The van der Waals surface area contributed by atoms with Gasteiger partial charge in [-0.05, 0) is 35.9 Å². The normalized spacial score (nSPS) is 11.6. The van der Waals surface area contributed by atoms with Crippen LogP contribution in [0.4, 0.5) is 0 Å². The van der Waals surface area contributed by atoms with E-state index in [0.717, 1.165) is 5.56 Å². The molecule has 0 aliphatic heterocycles. The average molecular weight is 312 g/mol. The van der Waals surface area contributed by atoms with Crippen molar-refractivity contribution in [2.24, 2.45) is 5.16 Å². The Morgan fingerprint density at radius 2 is 1.73 bits per heavy atom. The fraction of sp³-hybridized carbons (Fsp3) is 0. The smallest absolute Gasteiger partial charge is 0.265 e. The number of benzene rings is 2. The molecule has 6 heteroatoms. The molecule has 0 radical (unpaired) electrons. The third kappa shape index (κ3) is 4.30. The third-order valence-corrected chi connectivity index (χ3v) is 3.78. The second-order valence-electron chi connectivity index (χ2n) is 4.19. The SMILES string of the molecule is N#Cc1ccc(/C=C/C=NOS(=O)(=O)c2ccccc2)cc1. The maximum atomic E-state index is 11.7. The van der Waals surface area contributed by atoms with Crippen LogP contribution < -0.4 is 0 Å². The van der Waals surface area contributed by atoms with Gasteiger partial charge in [0, 0.05) is 0 Å². The lowest BCUT2D eigenvalue weighted by atomic mass is 10.1. The van der Waals surface area contributed by atoms with E-state index >= 15 is 0 Å². The molecule has 0 bridgehead atoms. The number of nitriles is 1. The van der Waals surface area contributed by atoms with Crippen molar-refractivity contribution in [3.8, 4) is 6.07 Å². The summed E-state index contributed by atoms with van der Waals surface area (Å²) in [5, 5.41) is 12.1. The standard InChI is InChI=1S/C16H12N2O3S/c17-13-15-10-8-14(9-11-15)5-4-12-18-21-22(19,20)16-6-2-1-3-7-16/h1-12H/b5-4+,18-12?. The van der Waals surface area contributed by atoms with Gasteiger partial charge >= 0.3 is 10.1 Å². The van der Waals surface area contributed by atoms with Gasteiger partial charge in [0.25, 0.3) is 0 Å². The van der Waals surface area contributed by atoms with Gasteiger partial charge in [0.1, 0.15) is 4.90 Å². The van der Waals surface area contributed by atoms with Crippen molar-refractivity contribution < 1.29 is 12.7 Å². The summed E-state index contributed by atoms with van der Waals surface area (Å²) in [6.45, 7) is 0. The molecule has 0 unspecified atom stereocenters. The number of hydrogen-bond donors (Lipinski definition) is 0. The van der Waals surface area contributed by atoms with Crippen molar-refractivity contribution in [2.75, 3.05) is 0 Å². The second-order valence-corrected chi connectivity index (χ2v) is 5.72. The molecule has 0 aliphatic rings. The summed E-state index contributed by atoms with van der Waals surface area (Å²) in [7, 11) is -3.88. The van der Waals surface area contributed by atoms with E-state index in [1.165, 1.54) is 18.3 Å².